The molecule has 1 heterocycles. The first-order valence-electron chi connectivity index (χ1n) is 13.8. The number of ketones is 2. The third-order valence-corrected chi connectivity index (χ3v) is 8.59. The number of aliphatic hydroxyl groups excluding tert-OH is 2. The summed E-state index contributed by atoms with van der Waals surface area (Å²) in [5.74, 6) is -5.62. The molecule has 41 heavy (non-hydrogen) atoms. The minimum Gasteiger partial charge on any atom is -0.510 e. The molecule has 0 spiro atoms. The van der Waals surface area contributed by atoms with Crippen LogP contribution >= 0.6 is 0 Å². The van der Waals surface area contributed by atoms with E-state index >= 15 is 0 Å². The topological polar surface area (TPSA) is 182 Å². The van der Waals surface area contributed by atoms with E-state index in [4.69, 9.17) is 10.2 Å². The van der Waals surface area contributed by atoms with E-state index in [1.165, 1.54) is 0 Å². The summed E-state index contributed by atoms with van der Waals surface area (Å²) >= 11 is 0. The van der Waals surface area contributed by atoms with Crippen molar-refractivity contribution in [3.8, 4) is 0 Å². The fourth-order valence-electron chi connectivity index (χ4n) is 6.71. The molecule has 1 aromatic carbocycles. The number of benzene rings is 1. The van der Waals surface area contributed by atoms with Gasteiger partial charge in [-0.2, -0.15) is 0 Å². The van der Waals surface area contributed by atoms with Gasteiger partial charge in [-0.3, -0.25) is 19.3 Å². The maximum atomic E-state index is 14.3. The maximum absolute atomic E-state index is 14.3. The summed E-state index contributed by atoms with van der Waals surface area (Å²) in [4.78, 5) is 48.0. The summed E-state index contributed by atoms with van der Waals surface area (Å²) in [5, 5.41) is 37.6. The largest absolute Gasteiger partial charge is 0.510 e. The van der Waals surface area contributed by atoms with Crippen LogP contribution in [0.2, 0.25) is 0 Å². The molecule has 5 rings (SSSR count). The Balaban J connectivity index is 1.68. The Hall–Kier alpha value is -3.74. The highest BCUT2D eigenvalue weighted by Crippen LogP contribution is 2.53. The number of allylic oxidation sites excluding steroid dienone is 1. The van der Waals surface area contributed by atoms with Crippen LogP contribution in [0.3, 0.4) is 0 Å². The lowest BCUT2D eigenvalue weighted by molar-refractivity contribution is -0.148. The summed E-state index contributed by atoms with van der Waals surface area (Å²) in [7, 11) is 6.95. The molecule has 0 fully saturated rings. The summed E-state index contributed by atoms with van der Waals surface area (Å²) in [6, 6.07) is 0.863. The number of nitrogens with two attached hydrogens (primary N) is 1. The molecule has 0 bridgehead atoms. The normalized spacial score (nSPS) is 26.0. The number of hydrogen-bond acceptors (Lipinski definition) is 11. The molecular formula is C29H37N5O7. The quantitative estimate of drug-likeness (QED) is 0.230. The van der Waals surface area contributed by atoms with E-state index in [2.05, 4.69) is 17.2 Å². The van der Waals surface area contributed by atoms with Crippen molar-refractivity contribution in [1.82, 2.24) is 15.2 Å². The number of aliphatic hydroxyl groups is 3. The van der Waals surface area contributed by atoms with Crippen molar-refractivity contribution in [2.45, 2.75) is 50.8 Å². The average molecular weight is 568 g/mol. The Morgan fingerprint density at radius 3 is 2.56 bits per heavy atom. The van der Waals surface area contributed by atoms with Crippen molar-refractivity contribution in [1.29, 1.82) is 0 Å². The van der Waals surface area contributed by atoms with E-state index in [9.17, 15) is 29.7 Å². The highest BCUT2D eigenvalue weighted by Gasteiger charge is 2.63. The molecule has 12 nitrogen and oxygen atoms in total. The van der Waals surface area contributed by atoms with Crippen LogP contribution in [-0.4, -0.2) is 89.1 Å². The molecule has 0 saturated heterocycles. The number of amides is 1. The smallest absolute Gasteiger partial charge is 0.255 e. The van der Waals surface area contributed by atoms with Crippen LogP contribution in [0.25, 0.3) is 11.1 Å². The minimum absolute atomic E-state index is 0.0830. The van der Waals surface area contributed by atoms with Crippen LogP contribution in [0, 0.1) is 11.8 Å². The van der Waals surface area contributed by atoms with Crippen molar-refractivity contribution in [2.24, 2.45) is 17.6 Å². The number of carbonyl (C=O) groups is 3. The number of rotatable bonds is 8. The van der Waals surface area contributed by atoms with Gasteiger partial charge in [-0.25, -0.2) is 4.98 Å². The number of anilines is 1. The van der Waals surface area contributed by atoms with Crippen LogP contribution in [0.4, 0.5) is 5.69 Å². The van der Waals surface area contributed by atoms with Gasteiger partial charge in [-0.15, -0.1) is 0 Å². The molecule has 0 aliphatic heterocycles. The number of oxazole rings is 1. The lowest BCUT2D eigenvalue weighted by Gasteiger charge is -2.50. The van der Waals surface area contributed by atoms with Crippen molar-refractivity contribution < 1.29 is 34.1 Å². The molecule has 1 amide bonds. The predicted octanol–water partition coefficient (Wildman–Crippen LogP) is 1.51. The van der Waals surface area contributed by atoms with Gasteiger partial charge in [0, 0.05) is 31.3 Å². The van der Waals surface area contributed by atoms with Gasteiger partial charge in [0.15, 0.2) is 17.0 Å². The standard InChI is InChI=1S/C29H37N5O7/c1-6-7-8-31-12-18-32-16-11-17(33(2)3)14-9-13-10-15-22(34(4)5)24(36)21(28(30)39)27(38)29(15,40)26(37)19(13)23(35)20(14)25(16)41-18/h11,13,15,22,31,36-37,40H,6-10,12H2,1-5H3,(H2,30,39)/t13-,15-,22-,29-/m0/s1. The number of unbranched alkanes of at least 4 members (excludes halogenated alkanes) is 1. The number of hydrogen-bond donors (Lipinski definition) is 5. The van der Waals surface area contributed by atoms with E-state index in [0.717, 1.165) is 25.1 Å². The first kappa shape index (κ1) is 28.8. The second-order valence-corrected chi connectivity index (χ2v) is 11.6. The van der Waals surface area contributed by atoms with Crippen LogP contribution in [0.5, 0.6) is 0 Å². The SMILES string of the molecule is CCCCNCc1nc2cc(N(C)C)c3c(c2o1)C(=O)C1=C(O)[C@]2(O)C(=O)C(C(N)=O)=C(O)[C@@H](N(C)C)[C@@H]2C[C@@H]1C3. The second kappa shape index (κ2) is 10.3. The third-order valence-electron chi connectivity index (χ3n) is 8.59. The maximum Gasteiger partial charge on any atom is 0.255 e. The van der Waals surface area contributed by atoms with Gasteiger partial charge in [0.1, 0.15) is 22.6 Å². The fraction of sp³-hybridized carbons (Fsp3) is 0.517. The van der Waals surface area contributed by atoms with Crippen molar-refractivity contribution >= 4 is 34.3 Å². The van der Waals surface area contributed by atoms with Crippen molar-refractivity contribution in [3.63, 3.8) is 0 Å². The highest BCUT2D eigenvalue weighted by molar-refractivity contribution is 6.25. The lowest BCUT2D eigenvalue weighted by Crippen LogP contribution is -2.63. The molecule has 0 unspecified atom stereocenters. The summed E-state index contributed by atoms with van der Waals surface area (Å²) in [6.45, 7) is 3.26. The first-order chi connectivity index (χ1) is 19.3. The van der Waals surface area contributed by atoms with E-state index < -0.39 is 58.0 Å². The molecule has 220 valence electrons. The van der Waals surface area contributed by atoms with E-state index in [1.807, 2.05) is 25.1 Å². The molecule has 4 atom stereocenters. The molecule has 0 saturated carbocycles. The van der Waals surface area contributed by atoms with Crippen LogP contribution < -0.4 is 16.0 Å². The number of nitrogens with one attached hydrogen (secondary N) is 1. The molecule has 6 N–H and O–H groups in total. The van der Waals surface area contributed by atoms with Crippen LogP contribution in [-0.2, 0) is 22.6 Å². The Labute approximate surface area is 237 Å². The van der Waals surface area contributed by atoms with E-state index in [0.29, 0.717) is 29.9 Å². The van der Waals surface area contributed by atoms with Crippen LogP contribution in [0.15, 0.2) is 33.1 Å². The molecule has 1 aromatic heterocycles. The number of likely N-dealkylation sites (N-methyl/N-ethyl adjacent to an activating group) is 1. The molecule has 12 heteroatoms. The van der Waals surface area contributed by atoms with Crippen molar-refractivity contribution in [3.05, 3.63) is 45.7 Å². The van der Waals surface area contributed by atoms with Gasteiger partial charge in [-0.1, -0.05) is 13.3 Å². The minimum atomic E-state index is -2.63. The number of Topliss-reactive ketones (excluding diaryl/α,β-unsaturated/α-hetero) is 2. The summed E-state index contributed by atoms with van der Waals surface area (Å²) < 4.78 is 6.08. The van der Waals surface area contributed by atoms with Crippen molar-refractivity contribution in [2.75, 3.05) is 39.6 Å². The molecular weight excluding hydrogens is 530 g/mol. The first-order valence-corrected chi connectivity index (χ1v) is 13.8. The molecule has 3 aliphatic rings. The molecule has 2 aromatic rings. The number of carbonyl (C=O) groups excluding carboxylic acids is 3. The summed E-state index contributed by atoms with van der Waals surface area (Å²) in [5.41, 5.74) is 4.34. The number of nitrogens with zero attached hydrogens (tertiary/aromatic N) is 3. The Kier molecular flexibility index (Phi) is 7.21. The summed E-state index contributed by atoms with van der Waals surface area (Å²) in [6.07, 6.45) is 2.42. The predicted molar refractivity (Wildman–Crippen MR) is 151 cm³/mol. The zero-order chi connectivity index (χ0) is 30.0. The van der Waals surface area contributed by atoms with E-state index in [1.54, 1.807) is 19.0 Å². The van der Waals surface area contributed by atoms with Gasteiger partial charge < -0.3 is 35.7 Å². The van der Waals surface area contributed by atoms with Gasteiger partial charge in [0.25, 0.3) is 5.91 Å². The second-order valence-electron chi connectivity index (χ2n) is 11.6. The lowest BCUT2D eigenvalue weighted by atomic mass is 9.58. The molecule has 0 radical (unpaired) electrons. The van der Waals surface area contributed by atoms with Crippen LogP contribution in [0.1, 0.15) is 48.0 Å². The van der Waals surface area contributed by atoms with Gasteiger partial charge in [0.05, 0.1) is 18.2 Å². The van der Waals surface area contributed by atoms with Gasteiger partial charge in [-0.05, 0) is 57.5 Å². The van der Waals surface area contributed by atoms with Gasteiger partial charge in [0.2, 0.25) is 11.7 Å². The Morgan fingerprint density at radius 1 is 1.24 bits per heavy atom. The van der Waals surface area contributed by atoms with Gasteiger partial charge >= 0.3 is 0 Å². The average Bonchev–Trinajstić information content (AvgIpc) is 3.30. The number of primary amides is 1. The fourth-order valence-corrected chi connectivity index (χ4v) is 6.71. The zero-order valence-corrected chi connectivity index (χ0v) is 23.9. The third kappa shape index (κ3) is 4.23. The number of fused-ring (bicyclic) bond motifs is 5. The Morgan fingerprint density at radius 2 is 1.95 bits per heavy atom. The Bertz CT molecular complexity index is 1520. The molecule has 3 aliphatic carbocycles. The zero-order valence-electron chi connectivity index (χ0n) is 23.9. The highest BCUT2D eigenvalue weighted by atomic mass is 16.4. The monoisotopic (exact) mass is 567 g/mol. The van der Waals surface area contributed by atoms with E-state index in [-0.39, 0.29) is 23.1 Å². The number of aromatic nitrogens is 1.